The molecule has 1 amide bonds. The minimum atomic E-state index is -0.484. The lowest BCUT2D eigenvalue weighted by atomic mass is 10.1. The van der Waals surface area contributed by atoms with Gasteiger partial charge in [0.05, 0.1) is 4.92 Å². The van der Waals surface area contributed by atoms with E-state index in [-0.39, 0.29) is 17.6 Å². The van der Waals surface area contributed by atoms with Crippen molar-refractivity contribution in [2.45, 2.75) is 30.6 Å². The van der Waals surface area contributed by atoms with E-state index in [0.29, 0.717) is 16.5 Å². The topological polar surface area (TPSA) is 84.3 Å². The molecule has 1 aliphatic carbocycles. The molecule has 0 spiro atoms. The fourth-order valence-corrected chi connectivity index (χ4v) is 3.39. The number of benzene rings is 1. The zero-order valence-electron chi connectivity index (χ0n) is 12.1. The first kappa shape index (κ1) is 15.6. The van der Waals surface area contributed by atoms with Crippen molar-refractivity contribution in [3.8, 4) is 0 Å². The molecule has 0 saturated heterocycles. The van der Waals surface area contributed by atoms with E-state index in [1.165, 1.54) is 6.07 Å². The second-order valence-corrected chi connectivity index (χ2v) is 6.22. The van der Waals surface area contributed by atoms with Crippen LogP contribution in [0.3, 0.4) is 0 Å². The molecule has 7 heteroatoms. The number of nitro benzene ring substituents is 1. The van der Waals surface area contributed by atoms with Crippen molar-refractivity contribution in [2.24, 2.45) is 0 Å². The van der Waals surface area contributed by atoms with E-state index >= 15 is 0 Å². The average Bonchev–Trinajstić information content (AvgIpc) is 2.94. The number of rotatable bonds is 5. The van der Waals surface area contributed by atoms with Gasteiger partial charge in [-0.15, -0.1) is 0 Å². The van der Waals surface area contributed by atoms with Gasteiger partial charge in [0.15, 0.2) is 0 Å². The molecule has 0 bridgehead atoms. The molecule has 2 rings (SSSR count). The van der Waals surface area contributed by atoms with Gasteiger partial charge < -0.3 is 10.6 Å². The van der Waals surface area contributed by atoms with Crippen molar-refractivity contribution in [2.75, 3.05) is 18.6 Å². The number of carbonyl (C=O) groups is 1. The van der Waals surface area contributed by atoms with Gasteiger partial charge >= 0.3 is 0 Å². The lowest BCUT2D eigenvalue weighted by molar-refractivity contribution is -0.384. The number of carbonyl (C=O) groups excluding carboxylic acids is 1. The van der Waals surface area contributed by atoms with Crippen molar-refractivity contribution in [1.29, 1.82) is 0 Å². The normalized spacial score (nSPS) is 21.0. The Morgan fingerprint density at radius 1 is 1.43 bits per heavy atom. The van der Waals surface area contributed by atoms with Crippen LogP contribution in [0.4, 0.5) is 11.4 Å². The number of amides is 1. The van der Waals surface area contributed by atoms with Gasteiger partial charge in [-0.25, -0.2) is 0 Å². The van der Waals surface area contributed by atoms with E-state index in [2.05, 4.69) is 16.9 Å². The summed E-state index contributed by atoms with van der Waals surface area (Å²) in [7, 11) is 1.61. The summed E-state index contributed by atoms with van der Waals surface area (Å²) < 4.78 is 0. The number of nitrogens with one attached hydrogen (secondary N) is 2. The molecule has 2 N–H and O–H groups in total. The molecule has 114 valence electrons. The molecule has 1 saturated carbocycles. The van der Waals surface area contributed by atoms with E-state index in [9.17, 15) is 14.9 Å². The fraction of sp³-hybridized carbons (Fsp3) is 0.500. The Balaban J connectivity index is 2.09. The van der Waals surface area contributed by atoms with Crippen molar-refractivity contribution in [1.82, 2.24) is 5.32 Å². The molecule has 0 aliphatic heterocycles. The fourth-order valence-electron chi connectivity index (χ4n) is 2.59. The van der Waals surface area contributed by atoms with Crippen molar-refractivity contribution in [3.05, 3.63) is 33.9 Å². The monoisotopic (exact) mass is 309 g/mol. The van der Waals surface area contributed by atoms with E-state index < -0.39 is 4.92 Å². The summed E-state index contributed by atoms with van der Waals surface area (Å²) in [4.78, 5) is 22.7. The SMILES string of the molecule is CNc1ccc(C(=O)NC2CCC(SC)C2)cc1[N+](=O)[O-]. The molecule has 0 aromatic heterocycles. The summed E-state index contributed by atoms with van der Waals surface area (Å²) in [6.07, 6.45) is 5.11. The van der Waals surface area contributed by atoms with Crippen LogP contribution < -0.4 is 10.6 Å². The number of nitro groups is 1. The highest BCUT2D eigenvalue weighted by Crippen LogP contribution is 2.29. The summed E-state index contributed by atoms with van der Waals surface area (Å²) >= 11 is 1.82. The van der Waals surface area contributed by atoms with Gasteiger partial charge in [0.25, 0.3) is 11.6 Å². The Labute approximate surface area is 127 Å². The van der Waals surface area contributed by atoms with Crippen molar-refractivity contribution < 1.29 is 9.72 Å². The molecule has 1 fully saturated rings. The van der Waals surface area contributed by atoms with Gasteiger partial charge in [-0.05, 0) is 37.7 Å². The van der Waals surface area contributed by atoms with Gasteiger partial charge in [-0.2, -0.15) is 11.8 Å². The van der Waals surface area contributed by atoms with E-state index in [4.69, 9.17) is 0 Å². The van der Waals surface area contributed by atoms with Crippen molar-refractivity contribution >= 4 is 29.0 Å². The third-order valence-corrected chi connectivity index (χ3v) is 4.87. The molecular formula is C14H19N3O3S. The Bertz CT molecular complexity index is 550. The number of hydrogen-bond donors (Lipinski definition) is 2. The number of hydrogen-bond acceptors (Lipinski definition) is 5. The van der Waals surface area contributed by atoms with Crippen LogP contribution in [0.1, 0.15) is 29.6 Å². The van der Waals surface area contributed by atoms with E-state index in [1.807, 2.05) is 11.8 Å². The molecule has 1 aliphatic rings. The van der Waals surface area contributed by atoms with Crippen LogP contribution in [0.25, 0.3) is 0 Å². The first-order valence-corrected chi connectivity index (χ1v) is 8.13. The highest BCUT2D eigenvalue weighted by atomic mass is 32.2. The van der Waals surface area contributed by atoms with Crippen LogP contribution in [0.2, 0.25) is 0 Å². The summed E-state index contributed by atoms with van der Waals surface area (Å²) in [5.74, 6) is -0.243. The molecule has 21 heavy (non-hydrogen) atoms. The maximum Gasteiger partial charge on any atom is 0.293 e. The maximum atomic E-state index is 12.2. The Morgan fingerprint density at radius 3 is 2.76 bits per heavy atom. The van der Waals surface area contributed by atoms with Gasteiger partial charge in [-0.3, -0.25) is 14.9 Å². The molecule has 1 aromatic rings. The summed E-state index contributed by atoms with van der Waals surface area (Å²) in [6.45, 7) is 0. The van der Waals surface area contributed by atoms with E-state index in [1.54, 1.807) is 19.2 Å². The molecule has 0 radical (unpaired) electrons. The molecule has 1 aromatic carbocycles. The number of nitrogens with zero attached hydrogens (tertiary/aromatic N) is 1. The number of thioether (sulfide) groups is 1. The molecule has 2 unspecified atom stereocenters. The zero-order valence-corrected chi connectivity index (χ0v) is 12.9. The van der Waals surface area contributed by atoms with Crippen LogP contribution >= 0.6 is 11.8 Å². The third kappa shape index (κ3) is 3.66. The first-order chi connectivity index (χ1) is 10.0. The van der Waals surface area contributed by atoms with Gasteiger partial charge in [-0.1, -0.05) is 0 Å². The summed E-state index contributed by atoms with van der Waals surface area (Å²) in [6, 6.07) is 4.65. The standard InChI is InChI=1S/C14H19N3O3S/c1-15-12-6-3-9(7-13(12)17(19)20)14(18)16-10-4-5-11(8-10)21-2/h3,6-7,10-11,15H,4-5,8H2,1-2H3,(H,16,18). The molecule has 6 nitrogen and oxygen atoms in total. The van der Waals surface area contributed by atoms with Crippen LogP contribution in [0, 0.1) is 10.1 Å². The Kier molecular flexibility index (Phi) is 5.06. The maximum absolute atomic E-state index is 12.2. The largest absolute Gasteiger partial charge is 0.383 e. The van der Waals surface area contributed by atoms with Crippen LogP contribution in [-0.2, 0) is 0 Å². The second-order valence-electron chi connectivity index (χ2n) is 5.08. The number of anilines is 1. The van der Waals surface area contributed by atoms with E-state index in [0.717, 1.165) is 19.3 Å². The summed E-state index contributed by atoms with van der Waals surface area (Å²) in [5, 5.41) is 17.3. The smallest absolute Gasteiger partial charge is 0.293 e. The van der Waals surface area contributed by atoms with Crippen LogP contribution in [0.15, 0.2) is 18.2 Å². The quantitative estimate of drug-likeness (QED) is 0.645. The first-order valence-electron chi connectivity index (χ1n) is 6.85. The zero-order chi connectivity index (χ0) is 15.4. The average molecular weight is 309 g/mol. The van der Waals surface area contributed by atoms with Gasteiger partial charge in [0.2, 0.25) is 0 Å². The molecular weight excluding hydrogens is 290 g/mol. The minimum Gasteiger partial charge on any atom is -0.383 e. The Hall–Kier alpha value is -1.76. The predicted molar refractivity (Wildman–Crippen MR) is 85.1 cm³/mol. The highest BCUT2D eigenvalue weighted by Gasteiger charge is 2.26. The van der Waals surface area contributed by atoms with Gasteiger partial charge in [0.1, 0.15) is 5.69 Å². The predicted octanol–water partition coefficient (Wildman–Crippen LogP) is 2.65. The third-order valence-electron chi connectivity index (χ3n) is 3.78. The Morgan fingerprint density at radius 2 is 2.19 bits per heavy atom. The van der Waals surface area contributed by atoms with Gasteiger partial charge in [0, 0.05) is 30.0 Å². The lowest BCUT2D eigenvalue weighted by Gasteiger charge is -2.13. The molecule has 2 atom stereocenters. The van der Waals surface area contributed by atoms with Crippen LogP contribution in [-0.4, -0.2) is 35.4 Å². The van der Waals surface area contributed by atoms with Crippen molar-refractivity contribution in [3.63, 3.8) is 0 Å². The highest BCUT2D eigenvalue weighted by molar-refractivity contribution is 7.99. The second kappa shape index (κ2) is 6.80. The lowest BCUT2D eigenvalue weighted by Crippen LogP contribution is -2.33. The molecule has 0 heterocycles. The minimum absolute atomic E-state index is 0.0847. The summed E-state index contributed by atoms with van der Waals surface area (Å²) in [5.41, 5.74) is 0.645. The van der Waals surface area contributed by atoms with Crippen LogP contribution in [0.5, 0.6) is 0 Å².